The van der Waals surface area contributed by atoms with Crippen LogP contribution < -0.4 is 10.2 Å². The summed E-state index contributed by atoms with van der Waals surface area (Å²) in [4.78, 5) is 17.3. The van der Waals surface area contributed by atoms with Gasteiger partial charge in [-0.15, -0.1) is 0 Å². The molecule has 1 fully saturated rings. The lowest BCUT2D eigenvalue weighted by atomic mass is 10.1. The SMILES string of the molecule is O=[N+]([O-])c1ccc(Nc2ccc3[nH]ncc3c2)nc1N1CCC(O)CC1. The molecular weight excluding hydrogens is 336 g/mol. The molecule has 9 nitrogen and oxygen atoms in total. The Hall–Kier alpha value is -3.20. The van der Waals surface area contributed by atoms with Crippen molar-refractivity contribution in [2.24, 2.45) is 0 Å². The third kappa shape index (κ3) is 3.16. The van der Waals surface area contributed by atoms with Crippen molar-refractivity contribution in [3.05, 3.63) is 46.6 Å². The molecule has 0 spiro atoms. The van der Waals surface area contributed by atoms with Crippen molar-refractivity contribution in [2.75, 3.05) is 23.3 Å². The van der Waals surface area contributed by atoms with E-state index in [-0.39, 0.29) is 11.8 Å². The second-order valence-corrected chi connectivity index (χ2v) is 6.31. The maximum Gasteiger partial charge on any atom is 0.311 e. The van der Waals surface area contributed by atoms with E-state index in [1.54, 1.807) is 12.3 Å². The van der Waals surface area contributed by atoms with Crippen molar-refractivity contribution >= 4 is 33.9 Å². The van der Waals surface area contributed by atoms with Gasteiger partial charge >= 0.3 is 5.69 Å². The lowest BCUT2D eigenvalue weighted by Crippen LogP contribution is -2.36. The normalized spacial score (nSPS) is 15.3. The molecule has 1 aliphatic heterocycles. The predicted molar refractivity (Wildman–Crippen MR) is 97.7 cm³/mol. The van der Waals surface area contributed by atoms with E-state index in [1.807, 2.05) is 23.1 Å². The minimum atomic E-state index is -0.422. The Balaban J connectivity index is 1.64. The third-order valence-corrected chi connectivity index (χ3v) is 4.53. The maximum atomic E-state index is 11.4. The van der Waals surface area contributed by atoms with E-state index in [9.17, 15) is 15.2 Å². The molecule has 1 aromatic carbocycles. The second-order valence-electron chi connectivity index (χ2n) is 6.31. The molecule has 0 saturated carbocycles. The van der Waals surface area contributed by atoms with E-state index < -0.39 is 4.92 Å². The number of aromatic nitrogens is 3. The lowest BCUT2D eigenvalue weighted by Gasteiger charge is -2.30. The van der Waals surface area contributed by atoms with Crippen molar-refractivity contribution in [1.82, 2.24) is 15.2 Å². The number of pyridine rings is 1. The summed E-state index contributed by atoms with van der Waals surface area (Å²) in [6.07, 6.45) is 2.53. The lowest BCUT2D eigenvalue weighted by molar-refractivity contribution is -0.384. The van der Waals surface area contributed by atoms with Gasteiger partial charge in [-0.1, -0.05) is 0 Å². The summed E-state index contributed by atoms with van der Waals surface area (Å²) in [5.74, 6) is 0.857. The number of hydrogen-bond acceptors (Lipinski definition) is 7. The highest BCUT2D eigenvalue weighted by atomic mass is 16.6. The molecule has 0 radical (unpaired) electrons. The number of nitrogens with one attached hydrogen (secondary N) is 2. The summed E-state index contributed by atoms with van der Waals surface area (Å²) in [7, 11) is 0. The van der Waals surface area contributed by atoms with Gasteiger partial charge in [0.15, 0.2) is 0 Å². The van der Waals surface area contributed by atoms with Crippen LogP contribution in [0.1, 0.15) is 12.8 Å². The fraction of sp³-hybridized carbons (Fsp3) is 0.294. The van der Waals surface area contributed by atoms with Gasteiger partial charge in [0.2, 0.25) is 5.82 Å². The molecule has 3 aromatic rings. The Kier molecular flexibility index (Phi) is 4.13. The number of piperidine rings is 1. The molecule has 0 bridgehead atoms. The van der Waals surface area contributed by atoms with E-state index in [4.69, 9.17) is 0 Å². The van der Waals surface area contributed by atoms with Gasteiger partial charge in [0.1, 0.15) is 5.82 Å². The van der Waals surface area contributed by atoms with Gasteiger partial charge in [-0.2, -0.15) is 5.10 Å². The first-order valence-electron chi connectivity index (χ1n) is 8.39. The molecule has 0 amide bonds. The number of fused-ring (bicyclic) bond motifs is 1. The monoisotopic (exact) mass is 354 g/mol. The molecule has 1 saturated heterocycles. The highest BCUT2D eigenvalue weighted by Crippen LogP contribution is 2.31. The van der Waals surface area contributed by atoms with Crippen molar-refractivity contribution in [3.63, 3.8) is 0 Å². The van der Waals surface area contributed by atoms with Gasteiger partial charge in [-0.05, 0) is 37.1 Å². The van der Waals surface area contributed by atoms with Crippen LogP contribution in [0.4, 0.5) is 23.0 Å². The number of aromatic amines is 1. The largest absolute Gasteiger partial charge is 0.393 e. The smallest absolute Gasteiger partial charge is 0.311 e. The fourth-order valence-electron chi connectivity index (χ4n) is 3.13. The second kappa shape index (κ2) is 6.60. The minimum absolute atomic E-state index is 0.0303. The van der Waals surface area contributed by atoms with Crippen LogP contribution in [0.5, 0.6) is 0 Å². The number of nitro groups is 1. The fourth-order valence-corrected chi connectivity index (χ4v) is 3.13. The molecule has 4 rings (SSSR count). The van der Waals surface area contributed by atoms with Crippen LogP contribution in [0.15, 0.2) is 36.5 Å². The van der Waals surface area contributed by atoms with E-state index in [0.717, 1.165) is 16.6 Å². The van der Waals surface area contributed by atoms with Crippen molar-refractivity contribution < 1.29 is 10.0 Å². The van der Waals surface area contributed by atoms with Gasteiger partial charge in [0.05, 0.1) is 22.7 Å². The zero-order valence-electron chi connectivity index (χ0n) is 13.9. The number of rotatable bonds is 4. The summed E-state index contributed by atoms with van der Waals surface area (Å²) >= 11 is 0. The van der Waals surface area contributed by atoms with Crippen LogP contribution in [0.3, 0.4) is 0 Å². The standard InChI is InChI=1S/C17H18N6O3/c24-13-5-7-22(8-6-13)17-15(23(25)26)3-4-16(20-17)19-12-1-2-14-11(9-12)10-18-21-14/h1-4,9-10,13,24H,5-8H2,(H,18,21)(H,19,20). The van der Waals surface area contributed by atoms with Crippen molar-refractivity contribution in [1.29, 1.82) is 0 Å². The van der Waals surface area contributed by atoms with Gasteiger partial charge in [0.25, 0.3) is 0 Å². The molecule has 0 unspecified atom stereocenters. The van der Waals surface area contributed by atoms with E-state index >= 15 is 0 Å². The van der Waals surface area contributed by atoms with Crippen LogP contribution >= 0.6 is 0 Å². The molecule has 0 atom stereocenters. The van der Waals surface area contributed by atoms with Gasteiger partial charge in [0, 0.05) is 30.2 Å². The van der Waals surface area contributed by atoms with E-state index in [2.05, 4.69) is 20.5 Å². The summed E-state index contributed by atoms with van der Waals surface area (Å²) < 4.78 is 0. The first-order valence-corrected chi connectivity index (χ1v) is 8.39. The number of aliphatic hydroxyl groups excluding tert-OH is 1. The quantitative estimate of drug-likeness (QED) is 0.486. The molecule has 134 valence electrons. The van der Waals surface area contributed by atoms with E-state index in [0.29, 0.717) is 37.6 Å². The predicted octanol–water partition coefficient (Wildman–Crippen LogP) is 2.57. The molecule has 9 heteroatoms. The molecule has 26 heavy (non-hydrogen) atoms. The van der Waals surface area contributed by atoms with Crippen LogP contribution in [0.2, 0.25) is 0 Å². The Labute approximate surface area is 148 Å². The minimum Gasteiger partial charge on any atom is -0.393 e. The van der Waals surface area contributed by atoms with Crippen LogP contribution in [-0.2, 0) is 0 Å². The summed E-state index contributed by atoms with van der Waals surface area (Å²) in [6.45, 7) is 1.08. The highest BCUT2D eigenvalue weighted by Gasteiger charge is 2.25. The third-order valence-electron chi connectivity index (χ3n) is 4.53. The number of H-pyrrole nitrogens is 1. The van der Waals surface area contributed by atoms with Gasteiger partial charge in [-0.3, -0.25) is 15.2 Å². The van der Waals surface area contributed by atoms with Gasteiger partial charge < -0.3 is 15.3 Å². The summed E-state index contributed by atoms with van der Waals surface area (Å²) in [5.41, 5.74) is 1.72. The average Bonchev–Trinajstić information content (AvgIpc) is 3.10. The molecule has 1 aliphatic rings. The zero-order valence-corrected chi connectivity index (χ0v) is 13.9. The van der Waals surface area contributed by atoms with Crippen molar-refractivity contribution in [2.45, 2.75) is 18.9 Å². The molecule has 3 heterocycles. The molecule has 2 aromatic heterocycles. The Morgan fingerprint density at radius 2 is 2.08 bits per heavy atom. The number of anilines is 3. The topological polar surface area (TPSA) is 120 Å². The summed E-state index contributed by atoms with van der Waals surface area (Å²) in [6, 6.07) is 8.79. The van der Waals surface area contributed by atoms with E-state index in [1.165, 1.54) is 6.07 Å². The first kappa shape index (κ1) is 16.3. The van der Waals surface area contributed by atoms with Crippen molar-refractivity contribution in [3.8, 4) is 0 Å². The molecule has 0 aliphatic carbocycles. The number of nitrogens with zero attached hydrogens (tertiary/aromatic N) is 4. The zero-order chi connectivity index (χ0) is 18.1. The first-order chi connectivity index (χ1) is 12.6. The van der Waals surface area contributed by atoms with Gasteiger partial charge in [-0.25, -0.2) is 4.98 Å². The number of hydrogen-bond donors (Lipinski definition) is 3. The Morgan fingerprint density at radius 1 is 1.27 bits per heavy atom. The Bertz CT molecular complexity index is 949. The summed E-state index contributed by atoms with van der Waals surface area (Å²) in [5, 5.41) is 32.1. The highest BCUT2D eigenvalue weighted by molar-refractivity contribution is 5.82. The number of aliphatic hydroxyl groups is 1. The van der Waals surface area contributed by atoms with Crippen LogP contribution in [-0.4, -0.2) is 44.4 Å². The number of benzene rings is 1. The average molecular weight is 354 g/mol. The maximum absolute atomic E-state index is 11.4. The van der Waals surface area contributed by atoms with Crippen LogP contribution in [0.25, 0.3) is 10.9 Å². The van der Waals surface area contributed by atoms with Crippen LogP contribution in [0, 0.1) is 10.1 Å². The molecule has 3 N–H and O–H groups in total. The molecular formula is C17H18N6O3. The Morgan fingerprint density at radius 3 is 2.85 bits per heavy atom.